The van der Waals surface area contributed by atoms with Crippen molar-refractivity contribution in [2.45, 2.75) is 251 Å². The smallest absolute Gasteiger partial charge is 0.306 e. The molecule has 9 nitrogen and oxygen atoms in total. The van der Waals surface area contributed by atoms with Crippen LogP contribution in [0.3, 0.4) is 0 Å². The maximum absolute atomic E-state index is 12.8. The first kappa shape index (κ1) is 65.0. The lowest BCUT2D eigenvalue weighted by Crippen LogP contribution is -2.44. The van der Waals surface area contributed by atoms with Crippen molar-refractivity contribution in [3.05, 3.63) is 60.8 Å². The second-order valence-corrected chi connectivity index (χ2v) is 19.9. The topological polar surface area (TPSA) is 111 Å². The van der Waals surface area contributed by atoms with Crippen LogP contribution in [0, 0.1) is 0 Å². The molecule has 394 valence electrons. The van der Waals surface area contributed by atoms with Crippen molar-refractivity contribution in [1.29, 1.82) is 0 Å². The average molecular weight is 956 g/mol. The van der Waals surface area contributed by atoms with Gasteiger partial charge in [0.1, 0.15) is 13.2 Å². The molecule has 0 saturated carbocycles. The molecule has 0 amide bonds. The zero-order valence-electron chi connectivity index (χ0n) is 44.7. The highest BCUT2D eigenvalue weighted by Gasteiger charge is 2.22. The van der Waals surface area contributed by atoms with Crippen LogP contribution in [0.1, 0.15) is 239 Å². The number of aliphatic carboxylic acids is 1. The standard InChI is InChI=1S/C59H105NO8/c1-6-8-10-12-14-16-18-19-20-21-22-23-24-25-26-27-28-29-30-31-32-33-34-35-36-37-38-39-40-42-44-46-48-50-57(62)68-55(54-67-59(58(63)64)65-52-51-60(3,4)5)53-66-56(61)49-47-45-43-41-17-15-13-11-9-7-2/h8,10,14,16,19-20,22-23,25-26,55,59H,6-7,9,11-13,15,17-18,21,24,27-54H2,1-5H3/b10-8-,16-14-,20-19-,23-22-,26-25-. The molecule has 0 aromatic heterocycles. The Morgan fingerprint density at radius 2 is 0.838 bits per heavy atom. The number of quaternary nitrogens is 1. The molecule has 0 rings (SSSR count). The first-order valence-electron chi connectivity index (χ1n) is 27.9. The van der Waals surface area contributed by atoms with Crippen LogP contribution >= 0.6 is 0 Å². The van der Waals surface area contributed by atoms with E-state index in [-0.39, 0.29) is 32.2 Å². The Kier molecular flexibility index (Phi) is 48.2. The molecule has 0 aromatic rings. The number of carbonyl (C=O) groups excluding carboxylic acids is 3. The van der Waals surface area contributed by atoms with Crippen molar-refractivity contribution in [2.75, 3.05) is 47.5 Å². The van der Waals surface area contributed by atoms with E-state index in [1.54, 1.807) is 0 Å². The molecule has 0 fully saturated rings. The normalized spacial score (nSPS) is 13.2. The number of unbranched alkanes of at least 4 members (excludes halogenated alkanes) is 26. The molecule has 0 saturated heterocycles. The van der Waals surface area contributed by atoms with E-state index in [2.05, 4.69) is 74.6 Å². The lowest BCUT2D eigenvalue weighted by atomic mass is 10.0. The second-order valence-electron chi connectivity index (χ2n) is 19.9. The third-order valence-electron chi connectivity index (χ3n) is 12.0. The zero-order valence-corrected chi connectivity index (χ0v) is 44.7. The Labute approximate surface area is 418 Å². The number of esters is 2. The molecule has 68 heavy (non-hydrogen) atoms. The van der Waals surface area contributed by atoms with Crippen LogP contribution in [0.25, 0.3) is 0 Å². The molecule has 0 aliphatic rings. The minimum Gasteiger partial charge on any atom is -0.545 e. The lowest BCUT2D eigenvalue weighted by molar-refractivity contribution is -0.870. The van der Waals surface area contributed by atoms with E-state index in [1.807, 2.05) is 21.1 Å². The molecule has 0 aromatic carbocycles. The van der Waals surface area contributed by atoms with E-state index in [4.69, 9.17) is 18.9 Å². The molecule has 2 unspecified atom stereocenters. The Morgan fingerprint density at radius 3 is 1.25 bits per heavy atom. The summed E-state index contributed by atoms with van der Waals surface area (Å²) in [6, 6.07) is 0. The second kappa shape index (κ2) is 50.4. The SMILES string of the molecule is CC/C=C\C/C=C\C/C=C\C/C=C\C/C=C\CCCCCCCCCCCCCCCCCCCC(=O)OC(COC(=O)CCCCCCCCCCCC)COC(OCC[N+](C)(C)C)C(=O)[O-]. The predicted octanol–water partition coefficient (Wildman–Crippen LogP) is 14.7. The highest BCUT2D eigenvalue weighted by molar-refractivity contribution is 5.70. The number of nitrogens with zero attached hydrogens (tertiary/aromatic N) is 1. The number of carboxylic acid groups (broad SMARTS) is 1. The lowest BCUT2D eigenvalue weighted by Gasteiger charge is -2.26. The summed E-state index contributed by atoms with van der Waals surface area (Å²) in [5.74, 6) is -2.28. The van der Waals surface area contributed by atoms with Crippen molar-refractivity contribution >= 4 is 17.9 Å². The van der Waals surface area contributed by atoms with Gasteiger partial charge in [-0.05, 0) is 57.8 Å². The molecule has 0 heterocycles. The van der Waals surface area contributed by atoms with Gasteiger partial charge in [-0.15, -0.1) is 0 Å². The van der Waals surface area contributed by atoms with Gasteiger partial charge in [0.25, 0.3) is 0 Å². The third kappa shape index (κ3) is 50.9. The van der Waals surface area contributed by atoms with Gasteiger partial charge in [0, 0.05) is 12.8 Å². The van der Waals surface area contributed by atoms with Gasteiger partial charge in [-0.1, -0.05) is 229 Å². The van der Waals surface area contributed by atoms with Gasteiger partial charge in [0.15, 0.2) is 12.4 Å². The van der Waals surface area contributed by atoms with Gasteiger partial charge < -0.3 is 33.3 Å². The molecule has 0 aliphatic carbocycles. The van der Waals surface area contributed by atoms with Crippen LogP contribution in [0.2, 0.25) is 0 Å². The fourth-order valence-electron chi connectivity index (χ4n) is 7.74. The highest BCUT2D eigenvalue weighted by atomic mass is 16.7. The number of allylic oxidation sites excluding steroid dienone is 10. The summed E-state index contributed by atoms with van der Waals surface area (Å²) in [5, 5.41) is 11.7. The Hall–Kier alpha value is -3.01. The first-order chi connectivity index (χ1) is 33.1. The highest BCUT2D eigenvalue weighted by Crippen LogP contribution is 2.16. The molecule has 2 atom stereocenters. The van der Waals surface area contributed by atoms with Crippen molar-refractivity contribution in [2.24, 2.45) is 0 Å². The quantitative estimate of drug-likeness (QED) is 0.0195. The van der Waals surface area contributed by atoms with Crippen LogP contribution in [0.5, 0.6) is 0 Å². The molecular formula is C59H105NO8. The van der Waals surface area contributed by atoms with Gasteiger partial charge in [-0.2, -0.15) is 0 Å². The van der Waals surface area contributed by atoms with E-state index in [0.717, 1.165) is 64.2 Å². The van der Waals surface area contributed by atoms with Crippen molar-refractivity contribution < 1.29 is 42.9 Å². The summed E-state index contributed by atoms with van der Waals surface area (Å²) in [6.07, 6.45) is 60.0. The number of ether oxygens (including phenoxy) is 4. The summed E-state index contributed by atoms with van der Waals surface area (Å²) in [4.78, 5) is 37.1. The number of likely N-dealkylation sites (N-methyl/N-ethyl adjacent to an activating group) is 1. The number of rotatable bonds is 51. The maximum atomic E-state index is 12.8. The Morgan fingerprint density at radius 1 is 0.456 bits per heavy atom. The summed E-state index contributed by atoms with van der Waals surface area (Å²) < 4.78 is 22.6. The molecule has 0 spiro atoms. The van der Waals surface area contributed by atoms with Gasteiger partial charge in [-0.25, -0.2) is 0 Å². The molecule has 0 radical (unpaired) electrons. The Balaban J connectivity index is 4.05. The van der Waals surface area contributed by atoms with Crippen molar-refractivity contribution in [3.8, 4) is 0 Å². The number of carboxylic acids is 1. The van der Waals surface area contributed by atoms with Gasteiger partial charge in [0.2, 0.25) is 0 Å². The number of hydrogen-bond donors (Lipinski definition) is 0. The molecular weight excluding hydrogens is 851 g/mol. The number of carbonyl (C=O) groups is 3. The van der Waals surface area contributed by atoms with Crippen molar-refractivity contribution in [3.63, 3.8) is 0 Å². The summed E-state index contributed by atoms with van der Waals surface area (Å²) in [5.41, 5.74) is 0. The van der Waals surface area contributed by atoms with Gasteiger partial charge in [-0.3, -0.25) is 9.59 Å². The molecule has 9 heteroatoms. The van der Waals surface area contributed by atoms with E-state index in [0.29, 0.717) is 23.9 Å². The molecule has 0 aliphatic heterocycles. The largest absolute Gasteiger partial charge is 0.545 e. The monoisotopic (exact) mass is 956 g/mol. The average Bonchev–Trinajstić information content (AvgIpc) is 3.30. The van der Waals surface area contributed by atoms with Crippen LogP contribution in [0.4, 0.5) is 0 Å². The van der Waals surface area contributed by atoms with E-state index in [9.17, 15) is 19.5 Å². The van der Waals surface area contributed by atoms with Crippen LogP contribution in [-0.4, -0.2) is 82.3 Å². The maximum Gasteiger partial charge on any atom is 0.306 e. The predicted molar refractivity (Wildman–Crippen MR) is 283 cm³/mol. The van der Waals surface area contributed by atoms with Crippen LogP contribution < -0.4 is 5.11 Å². The summed E-state index contributed by atoms with van der Waals surface area (Å²) in [7, 11) is 5.92. The van der Waals surface area contributed by atoms with E-state index >= 15 is 0 Å². The third-order valence-corrected chi connectivity index (χ3v) is 12.0. The van der Waals surface area contributed by atoms with E-state index in [1.165, 1.54) is 141 Å². The minimum absolute atomic E-state index is 0.149. The van der Waals surface area contributed by atoms with E-state index < -0.39 is 24.3 Å². The zero-order chi connectivity index (χ0) is 49.9. The van der Waals surface area contributed by atoms with Crippen LogP contribution in [0.15, 0.2) is 60.8 Å². The Bertz CT molecular complexity index is 1300. The van der Waals surface area contributed by atoms with Gasteiger partial charge in [0.05, 0.1) is 40.3 Å². The molecule has 0 bridgehead atoms. The minimum atomic E-state index is -1.62. The summed E-state index contributed by atoms with van der Waals surface area (Å²) >= 11 is 0. The fourth-order valence-corrected chi connectivity index (χ4v) is 7.74. The number of hydrogen-bond acceptors (Lipinski definition) is 8. The fraction of sp³-hybridized carbons (Fsp3) is 0.780. The van der Waals surface area contributed by atoms with Gasteiger partial charge >= 0.3 is 11.9 Å². The summed E-state index contributed by atoms with van der Waals surface area (Å²) in [6.45, 7) is 4.63. The first-order valence-corrected chi connectivity index (χ1v) is 27.9. The molecule has 0 N–H and O–H groups in total. The van der Waals surface area contributed by atoms with Crippen molar-refractivity contribution in [1.82, 2.24) is 0 Å². The van der Waals surface area contributed by atoms with Crippen LogP contribution in [-0.2, 0) is 33.3 Å².